The number of phosphoric ester groups is 1. The largest absolute Gasteiger partial charge is 0.472 e. The van der Waals surface area contributed by atoms with Crippen molar-refractivity contribution in [3.63, 3.8) is 0 Å². The smallest absolute Gasteiger partial charge is 0.387 e. The highest BCUT2D eigenvalue weighted by Crippen LogP contribution is 2.43. The third-order valence-electron chi connectivity index (χ3n) is 11.3. The quantitative estimate of drug-likeness (QED) is 0.0244. The molecule has 0 radical (unpaired) electrons. The molecule has 0 saturated heterocycles. The van der Waals surface area contributed by atoms with Crippen LogP contribution in [0.2, 0.25) is 0 Å². The lowest BCUT2D eigenvalue weighted by Gasteiger charge is -2.25. The number of nitrogens with one attached hydrogen (secondary N) is 1. The summed E-state index contributed by atoms with van der Waals surface area (Å²) in [5, 5.41) is 13.9. The number of carbonyl (C=O) groups excluding carboxylic acids is 1. The third kappa shape index (κ3) is 43.1. The molecule has 0 aliphatic carbocycles. The molecule has 9 heteroatoms. The van der Waals surface area contributed by atoms with Crippen LogP contribution in [0.4, 0.5) is 0 Å². The van der Waals surface area contributed by atoms with Gasteiger partial charge in [0.15, 0.2) is 0 Å². The van der Waals surface area contributed by atoms with Gasteiger partial charge in [0.05, 0.1) is 39.9 Å². The number of likely N-dealkylation sites (N-methyl/N-ethyl adjacent to an activating group) is 1. The van der Waals surface area contributed by atoms with Crippen molar-refractivity contribution >= 4 is 13.7 Å². The van der Waals surface area contributed by atoms with Crippen LogP contribution in [0, 0.1) is 0 Å². The fourth-order valence-electron chi connectivity index (χ4n) is 7.34. The zero-order valence-electron chi connectivity index (χ0n) is 38.6. The summed E-state index contributed by atoms with van der Waals surface area (Å²) >= 11 is 0. The van der Waals surface area contributed by atoms with Gasteiger partial charge in [-0.2, -0.15) is 0 Å². The summed E-state index contributed by atoms with van der Waals surface area (Å²) < 4.78 is 23.6. The number of aliphatic hydroxyl groups excluding tert-OH is 1. The minimum atomic E-state index is -4.33. The number of aliphatic hydroxyl groups is 1. The van der Waals surface area contributed by atoms with Crippen LogP contribution in [0.15, 0.2) is 12.2 Å². The molecule has 3 unspecified atom stereocenters. The first-order valence-electron chi connectivity index (χ1n) is 24.6. The first kappa shape index (κ1) is 56.2. The predicted molar refractivity (Wildman–Crippen MR) is 245 cm³/mol. The molecule has 8 nitrogen and oxygen atoms in total. The first-order chi connectivity index (χ1) is 27.5. The zero-order chi connectivity index (χ0) is 42.1. The first-order valence-corrected chi connectivity index (χ1v) is 26.1. The van der Waals surface area contributed by atoms with E-state index in [1.807, 2.05) is 27.2 Å². The normalized spacial score (nSPS) is 14.3. The fraction of sp³-hybridized carbons (Fsp3) is 0.938. The van der Waals surface area contributed by atoms with Crippen molar-refractivity contribution in [1.29, 1.82) is 0 Å². The second-order valence-corrected chi connectivity index (χ2v) is 19.7. The van der Waals surface area contributed by atoms with Gasteiger partial charge >= 0.3 is 7.82 Å². The number of hydrogen-bond donors (Lipinski definition) is 3. The van der Waals surface area contributed by atoms with Gasteiger partial charge in [0.1, 0.15) is 13.2 Å². The highest BCUT2D eigenvalue weighted by Gasteiger charge is 2.27. The summed E-state index contributed by atoms with van der Waals surface area (Å²) in [5.41, 5.74) is 0. The van der Waals surface area contributed by atoms with Gasteiger partial charge in [-0.25, -0.2) is 4.57 Å². The molecule has 340 valence electrons. The number of rotatable bonds is 45. The van der Waals surface area contributed by atoms with Gasteiger partial charge in [-0.3, -0.25) is 13.8 Å². The molecule has 1 amide bonds. The predicted octanol–water partition coefficient (Wildman–Crippen LogP) is 13.9. The number of carbonyl (C=O) groups is 1. The van der Waals surface area contributed by atoms with Crippen molar-refractivity contribution in [2.75, 3.05) is 40.9 Å². The lowest BCUT2D eigenvalue weighted by atomic mass is 10.0. The Bertz CT molecular complexity index is 942. The van der Waals surface area contributed by atoms with Crippen molar-refractivity contribution in [3.05, 3.63) is 12.2 Å². The molecule has 0 spiro atoms. The van der Waals surface area contributed by atoms with Crippen LogP contribution >= 0.6 is 7.82 Å². The summed E-state index contributed by atoms with van der Waals surface area (Å²) in [6.45, 7) is 4.84. The van der Waals surface area contributed by atoms with Crippen LogP contribution in [0.25, 0.3) is 0 Å². The van der Waals surface area contributed by atoms with E-state index >= 15 is 0 Å². The van der Waals surface area contributed by atoms with Crippen molar-refractivity contribution in [2.24, 2.45) is 0 Å². The molecule has 0 rings (SSSR count). The Morgan fingerprint density at radius 1 is 0.579 bits per heavy atom. The van der Waals surface area contributed by atoms with Crippen molar-refractivity contribution in [1.82, 2.24) is 5.32 Å². The Labute approximate surface area is 354 Å². The molecular formula is C48H98N2O6P+. The number of allylic oxidation sites excluding steroid dienone is 1. The SMILES string of the molecule is CCCCCCCCCCCCCCCC/C=C/C(O)C(COP(=O)(O)OCC[N+](C)(C)C)NC(=O)CCCCCCCCCCCCCCCCCCCCC. The molecule has 0 aromatic carbocycles. The Morgan fingerprint density at radius 3 is 1.30 bits per heavy atom. The monoisotopic (exact) mass is 830 g/mol. The molecule has 0 saturated carbocycles. The number of unbranched alkanes of at least 4 members (excludes halogenated alkanes) is 32. The average Bonchev–Trinajstić information content (AvgIpc) is 3.16. The molecule has 3 N–H and O–H groups in total. The van der Waals surface area contributed by atoms with Gasteiger partial charge in [-0.05, 0) is 19.3 Å². The summed E-state index contributed by atoms with van der Waals surface area (Å²) in [7, 11) is 1.58. The number of nitrogens with zero attached hydrogens (tertiary/aromatic N) is 1. The number of phosphoric acid groups is 1. The van der Waals surface area contributed by atoms with E-state index in [-0.39, 0.29) is 19.1 Å². The van der Waals surface area contributed by atoms with E-state index in [1.54, 1.807) is 6.08 Å². The van der Waals surface area contributed by atoms with E-state index in [9.17, 15) is 19.4 Å². The lowest BCUT2D eigenvalue weighted by molar-refractivity contribution is -0.870. The molecule has 0 fully saturated rings. The maximum atomic E-state index is 12.9. The summed E-state index contributed by atoms with van der Waals surface area (Å²) in [6.07, 6.45) is 47.1. The van der Waals surface area contributed by atoms with Crippen molar-refractivity contribution in [3.8, 4) is 0 Å². The highest BCUT2D eigenvalue weighted by molar-refractivity contribution is 7.47. The standard InChI is InChI=1S/C48H97N2O6P/c1-6-8-10-12-14-16-18-20-22-24-25-26-28-30-32-34-36-38-40-42-48(52)49-46(45-56-57(53,54)55-44-43-50(3,4)5)47(51)41-39-37-35-33-31-29-27-23-21-19-17-15-13-11-9-7-2/h39,41,46-47,51H,6-38,40,42-45H2,1-5H3,(H-,49,52,53,54)/p+1/b41-39+. The lowest BCUT2D eigenvalue weighted by Crippen LogP contribution is -2.45. The number of amides is 1. The van der Waals surface area contributed by atoms with Gasteiger partial charge in [-0.15, -0.1) is 0 Å². The van der Waals surface area contributed by atoms with Crippen molar-refractivity contribution < 1.29 is 32.9 Å². The van der Waals surface area contributed by atoms with Crippen molar-refractivity contribution in [2.45, 2.75) is 251 Å². The minimum Gasteiger partial charge on any atom is -0.387 e. The number of hydrogen-bond acceptors (Lipinski definition) is 5. The average molecular weight is 830 g/mol. The van der Waals surface area contributed by atoms with Crippen LogP contribution in [-0.2, 0) is 18.4 Å². The van der Waals surface area contributed by atoms with Crippen LogP contribution in [-0.4, -0.2) is 73.4 Å². The highest BCUT2D eigenvalue weighted by atomic mass is 31.2. The third-order valence-corrected chi connectivity index (χ3v) is 12.2. The molecule has 0 heterocycles. The Hall–Kier alpha value is -0.760. The Balaban J connectivity index is 4.31. The maximum absolute atomic E-state index is 12.9. The van der Waals surface area contributed by atoms with Crippen LogP contribution in [0.3, 0.4) is 0 Å². The van der Waals surface area contributed by atoms with Gasteiger partial charge in [0.25, 0.3) is 0 Å². The van der Waals surface area contributed by atoms with E-state index in [0.29, 0.717) is 17.4 Å². The molecule has 0 aromatic heterocycles. The van der Waals surface area contributed by atoms with Crippen LogP contribution < -0.4 is 5.32 Å². The van der Waals surface area contributed by atoms with Gasteiger partial charge in [-0.1, -0.05) is 225 Å². The molecule has 57 heavy (non-hydrogen) atoms. The van der Waals surface area contributed by atoms with Gasteiger partial charge < -0.3 is 19.8 Å². The Morgan fingerprint density at radius 2 is 0.930 bits per heavy atom. The molecule has 0 aromatic rings. The molecule has 0 aliphatic heterocycles. The summed E-state index contributed by atoms with van der Waals surface area (Å²) in [4.78, 5) is 23.2. The van der Waals surface area contributed by atoms with Crippen LogP contribution in [0.5, 0.6) is 0 Å². The zero-order valence-corrected chi connectivity index (χ0v) is 39.5. The topological polar surface area (TPSA) is 105 Å². The van der Waals surface area contributed by atoms with E-state index in [0.717, 1.165) is 32.1 Å². The van der Waals surface area contributed by atoms with E-state index in [4.69, 9.17) is 9.05 Å². The molecule has 0 aliphatic rings. The van der Waals surface area contributed by atoms with Crippen LogP contribution in [0.1, 0.15) is 239 Å². The fourth-order valence-corrected chi connectivity index (χ4v) is 8.07. The molecule has 0 bridgehead atoms. The second-order valence-electron chi connectivity index (χ2n) is 18.2. The number of quaternary nitrogens is 1. The van der Waals surface area contributed by atoms with E-state index in [2.05, 4.69) is 19.2 Å². The van der Waals surface area contributed by atoms with Gasteiger partial charge in [0, 0.05) is 6.42 Å². The van der Waals surface area contributed by atoms with Gasteiger partial charge in [0.2, 0.25) is 5.91 Å². The second kappa shape index (κ2) is 40.6. The Kier molecular flexibility index (Phi) is 40.1. The minimum absolute atomic E-state index is 0.0648. The molecular weight excluding hydrogens is 732 g/mol. The summed E-state index contributed by atoms with van der Waals surface area (Å²) in [6, 6.07) is -0.840. The molecule has 3 atom stereocenters. The summed E-state index contributed by atoms with van der Waals surface area (Å²) in [5.74, 6) is -0.172. The van der Waals surface area contributed by atoms with E-state index in [1.165, 1.54) is 186 Å². The van der Waals surface area contributed by atoms with E-state index < -0.39 is 20.0 Å². The maximum Gasteiger partial charge on any atom is 0.472 e.